The summed E-state index contributed by atoms with van der Waals surface area (Å²) in [6.07, 6.45) is 7.19. The van der Waals surface area contributed by atoms with Crippen LogP contribution in [0, 0.1) is 0 Å². The lowest BCUT2D eigenvalue weighted by molar-refractivity contribution is 0.867. The lowest BCUT2D eigenvalue weighted by Crippen LogP contribution is -2.09. The van der Waals surface area contributed by atoms with Crippen molar-refractivity contribution in [1.29, 1.82) is 0 Å². The van der Waals surface area contributed by atoms with Crippen molar-refractivity contribution in [3.63, 3.8) is 0 Å². The van der Waals surface area contributed by atoms with E-state index in [9.17, 15) is 0 Å². The molecule has 2 rings (SSSR count). The molecular formula is C10H16N4. The fourth-order valence-electron chi connectivity index (χ4n) is 1.32. The molecule has 0 saturated heterocycles. The van der Waals surface area contributed by atoms with Crippen molar-refractivity contribution >= 4 is 5.69 Å². The molecule has 4 heteroatoms. The van der Waals surface area contributed by atoms with E-state index in [1.54, 1.807) is 0 Å². The van der Waals surface area contributed by atoms with Crippen molar-refractivity contribution < 1.29 is 0 Å². The molecule has 0 atom stereocenters. The molecule has 0 aromatic carbocycles. The lowest BCUT2D eigenvalue weighted by atomic mass is 10.3. The number of hydrogen-bond donors (Lipinski definition) is 2. The Morgan fingerprint density at radius 1 is 1.36 bits per heavy atom. The van der Waals surface area contributed by atoms with Crippen molar-refractivity contribution in [2.45, 2.75) is 25.2 Å². The van der Waals surface area contributed by atoms with Gasteiger partial charge in [0.1, 0.15) is 5.82 Å². The first-order chi connectivity index (χ1) is 6.90. The maximum Gasteiger partial charge on any atom is 0.131 e. The van der Waals surface area contributed by atoms with Crippen LogP contribution in [0.3, 0.4) is 0 Å². The van der Waals surface area contributed by atoms with Gasteiger partial charge in [-0.1, -0.05) is 0 Å². The van der Waals surface area contributed by atoms with E-state index in [0.29, 0.717) is 12.5 Å². The Morgan fingerprint density at radius 3 is 2.64 bits per heavy atom. The molecule has 1 saturated carbocycles. The minimum absolute atomic E-state index is 0.632. The second-order valence-electron chi connectivity index (χ2n) is 3.67. The number of nitrogens with zero attached hydrogens (tertiary/aromatic N) is 2. The SMILES string of the molecule is NCCCNc1cnc(C2CC2)nc1. The molecule has 0 spiro atoms. The van der Waals surface area contributed by atoms with Crippen LogP contribution in [0.2, 0.25) is 0 Å². The normalized spacial score (nSPS) is 15.5. The summed E-state index contributed by atoms with van der Waals surface area (Å²) in [4.78, 5) is 8.63. The number of nitrogens with one attached hydrogen (secondary N) is 1. The van der Waals surface area contributed by atoms with Gasteiger partial charge in [-0.15, -0.1) is 0 Å². The predicted molar refractivity (Wildman–Crippen MR) is 56.2 cm³/mol. The standard InChI is InChI=1S/C10H16N4/c11-4-1-5-12-9-6-13-10(14-7-9)8-2-3-8/h6-8,12H,1-5,11H2. The maximum atomic E-state index is 5.39. The van der Waals surface area contributed by atoms with Gasteiger partial charge in [-0.25, -0.2) is 9.97 Å². The van der Waals surface area contributed by atoms with Gasteiger partial charge >= 0.3 is 0 Å². The van der Waals surface area contributed by atoms with Crippen LogP contribution in [-0.2, 0) is 0 Å². The minimum Gasteiger partial charge on any atom is -0.383 e. The molecule has 1 aliphatic rings. The van der Waals surface area contributed by atoms with E-state index in [0.717, 1.165) is 24.5 Å². The average Bonchev–Trinajstić information content (AvgIpc) is 3.03. The molecule has 1 aliphatic carbocycles. The Morgan fingerprint density at radius 2 is 2.07 bits per heavy atom. The van der Waals surface area contributed by atoms with Crippen LogP contribution in [0.15, 0.2) is 12.4 Å². The summed E-state index contributed by atoms with van der Waals surface area (Å²) in [5.41, 5.74) is 6.38. The van der Waals surface area contributed by atoms with Gasteiger partial charge in [0.05, 0.1) is 18.1 Å². The van der Waals surface area contributed by atoms with Gasteiger partial charge in [0.25, 0.3) is 0 Å². The molecule has 76 valence electrons. The highest BCUT2D eigenvalue weighted by Gasteiger charge is 2.25. The highest BCUT2D eigenvalue weighted by atomic mass is 15.0. The Labute approximate surface area is 83.9 Å². The summed E-state index contributed by atoms with van der Waals surface area (Å²) in [7, 11) is 0. The molecule has 0 bridgehead atoms. The van der Waals surface area contributed by atoms with Crippen LogP contribution in [-0.4, -0.2) is 23.1 Å². The second-order valence-corrected chi connectivity index (χ2v) is 3.67. The van der Waals surface area contributed by atoms with Crippen LogP contribution in [0.4, 0.5) is 5.69 Å². The molecule has 14 heavy (non-hydrogen) atoms. The van der Waals surface area contributed by atoms with Gasteiger partial charge in [-0.2, -0.15) is 0 Å². The summed E-state index contributed by atoms with van der Waals surface area (Å²) < 4.78 is 0. The first-order valence-electron chi connectivity index (χ1n) is 5.16. The van der Waals surface area contributed by atoms with Crippen molar-refractivity contribution in [2.75, 3.05) is 18.4 Å². The minimum atomic E-state index is 0.632. The predicted octanol–water partition coefficient (Wildman–Crippen LogP) is 1.11. The second kappa shape index (κ2) is 4.37. The molecule has 4 nitrogen and oxygen atoms in total. The summed E-state index contributed by atoms with van der Waals surface area (Å²) in [6.45, 7) is 1.61. The molecular weight excluding hydrogens is 176 g/mol. The first kappa shape index (κ1) is 9.40. The van der Waals surface area contributed by atoms with E-state index in [4.69, 9.17) is 5.73 Å². The van der Waals surface area contributed by atoms with Gasteiger partial charge in [-0.3, -0.25) is 0 Å². The van der Waals surface area contributed by atoms with Crippen molar-refractivity contribution in [3.8, 4) is 0 Å². The Kier molecular flexibility index (Phi) is 2.93. The molecule has 0 unspecified atom stereocenters. The molecule has 0 aliphatic heterocycles. The fourth-order valence-corrected chi connectivity index (χ4v) is 1.32. The Hall–Kier alpha value is -1.16. The van der Waals surface area contributed by atoms with E-state index in [1.165, 1.54) is 12.8 Å². The lowest BCUT2D eigenvalue weighted by Gasteiger charge is -2.04. The Bertz CT molecular complexity index is 279. The fraction of sp³-hybridized carbons (Fsp3) is 0.600. The summed E-state index contributed by atoms with van der Waals surface area (Å²) in [6, 6.07) is 0. The number of hydrogen-bond acceptors (Lipinski definition) is 4. The molecule has 1 heterocycles. The van der Waals surface area contributed by atoms with Crippen LogP contribution < -0.4 is 11.1 Å². The third kappa shape index (κ3) is 2.42. The van der Waals surface area contributed by atoms with Gasteiger partial charge in [0.15, 0.2) is 0 Å². The van der Waals surface area contributed by atoms with Crippen molar-refractivity contribution in [1.82, 2.24) is 9.97 Å². The smallest absolute Gasteiger partial charge is 0.131 e. The van der Waals surface area contributed by atoms with E-state index >= 15 is 0 Å². The first-order valence-corrected chi connectivity index (χ1v) is 5.16. The number of nitrogens with two attached hydrogens (primary N) is 1. The maximum absolute atomic E-state index is 5.39. The third-order valence-corrected chi connectivity index (χ3v) is 2.32. The van der Waals surface area contributed by atoms with E-state index in [1.807, 2.05) is 12.4 Å². The molecule has 3 N–H and O–H groups in total. The molecule has 1 aromatic heterocycles. The quantitative estimate of drug-likeness (QED) is 0.686. The summed E-state index contributed by atoms with van der Waals surface area (Å²) in [5.74, 6) is 1.63. The van der Waals surface area contributed by atoms with Crippen LogP contribution in [0.25, 0.3) is 0 Å². The molecule has 1 fully saturated rings. The van der Waals surface area contributed by atoms with Crippen LogP contribution >= 0.6 is 0 Å². The average molecular weight is 192 g/mol. The van der Waals surface area contributed by atoms with Crippen molar-refractivity contribution in [2.24, 2.45) is 5.73 Å². The van der Waals surface area contributed by atoms with Gasteiger partial charge < -0.3 is 11.1 Å². The van der Waals surface area contributed by atoms with E-state index < -0.39 is 0 Å². The third-order valence-electron chi connectivity index (χ3n) is 2.32. The summed E-state index contributed by atoms with van der Waals surface area (Å²) >= 11 is 0. The number of rotatable bonds is 5. The number of anilines is 1. The largest absolute Gasteiger partial charge is 0.383 e. The van der Waals surface area contributed by atoms with Crippen LogP contribution in [0.5, 0.6) is 0 Å². The highest BCUT2D eigenvalue weighted by molar-refractivity contribution is 5.37. The van der Waals surface area contributed by atoms with Gasteiger partial charge in [0.2, 0.25) is 0 Å². The molecule has 1 aromatic rings. The molecule has 0 amide bonds. The zero-order valence-corrected chi connectivity index (χ0v) is 8.24. The monoisotopic (exact) mass is 192 g/mol. The van der Waals surface area contributed by atoms with E-state index in [-0.39, 0.29) is 0 Å². The van der Waals surface area contributed by atoms with Gasteiger partial charge in [0, 0.05) is 12.5 Å². The molecule has 0 radical (unpaired) electrons. The zero-order valence-electron chi connectivity index (χ0n) is 8.24. The van der Waals surface area contributed by atoms with Gasteiger partial charge in [-0.05, 0) is 25.8 Å². The zero-order chi connectivity index (χ0) is 9.80. The van der Waals surface area contributed by atoms with Crippen molar-refractivity contribution in [3.05, 3.63) is 18.2 Å². The highest BCUT2D eigenvalue weighted by Crippen LogP contribution is 2.37. The number of aromatic nitrogens is 2. The topological polar surface area (TPSA) is 63.8 Å². The van der Waals surface area contributed by atoms with E-state index in [2.05, 4.69) is 15.3 Å². The summed E-state index contributed by atoms with van der Waals surface area (Å²) in [5, 5.41) is 3.23. The van der Waals surface area contributed by atoms with Crippen LogP contribution in [0.1, 0.15) is 31.0 Å². The Balaban J connectivity index is 1.86.